The number of hydrogen-bond acceptors (Lipinski definition) is 4. The van der Waals surface area contributed by atoms with Gasteiger partial charge in [0.05, 0.1) is 11.6 Å². The lowest BCUT2D eigenvalue weighted by Crippen LogP contribution is -2.27. The molecule has 0 spiro atoms. The molecule has 16 heavy (non-hydrogen) atoms. The molecule has 1 amide bonds. The maximum absolute atomic E-state index is 11.6. The molecule has 0 aliphatic carbocycles. The minimum atomic E-state index is 0.0725. The molecule has 0 aliphatic rings. The van der Waals surface area contributed by atoms with E-state index in [9.17, 15) is 4.79 Å². The molecule has 0 saturated heterocycles. The van der Waals surface area contributed by atoms with E-state index in [2.05, 4.69) is 17.2 Å². The molecule has 1 rings (SSSR count). The number of aromatic nitrogens is 1. The topological polar surface area (TPSA) is 68.0 Å². The maximum atomic E-state index is 11.6. The first kappa shape index (κ1) is 13.1. The van der Waals surface area contributed by atoms with Crippen molar-refractivity contribution in [1.82, 2.24) is 10.3 Å². The Morgan fingerprint density at radius 2 is 2.44 bits per heavy atom. The first-order valence-corrected chi connectivity index (χ1v) is 6.35. The average molecular weight is 241 g/mol. The molecule has 1 unspecified atom stereocenters. The molecule has 5 heteroatoms. The molecule has 1 heterocycles. The number of aryl methyl sites for hydroxylation is 1. The largest absolute Gasteiger partial charge is 0.351 e. The van der Waals surface area contributed by atoms with Crippen molar-refractivity contribution in [3.63, 3.8) is 0 Å². The van der Waals surface area contributed by atoms with Crippen LogP contribution in [0, 0.1) is 12.8 Å². The van der Waals surface area contributed by atoms with E-state index in [1.165, 1.54) is 0 Å². The van der Waals surface area contributed by atoms with Crippen molar-refractivity contribution in [3.8, 4) is 0 Å². The Kier molecular flexibility index (Phi) is 5.42. The van der Waals surface area contributed by atoms with Crippen LogP contribution in [0.2, 0.25) is 0 Å². The first-order chi connectivity index (χ1) is 7.65. The Balaban J connectivity index is 2.30. The predicted molar refractivity (Wildman–Crippen MR) is 66.2 cm³/mol. The molecule has 0 radical (unpaired) electrons. The van der Waals surface area contributed by atoms with Crippen molar-refractivity contribution in [3.05, 3.63) is 16.1 Å². The fraction of sp³-hybridized carbons (Fsp3) is 0.636. The number of thiazole rings is 1. The second-order valence-corrected chi connectivity index (χ2v) is 5.16. The van der Waals surface area contributed by atoms with E-state index in [4.69, 9.17) is 5.73 Å². The van der Waals surface area contributed by atoms with Crippen LogP contribution in [0.5, 0.6) is 0 Å². The first-order valence-electron chi connectivity index (χ1n) is 5.53. The second-order valence-electron chi connectivity index (χ2n) is 3.84. The van der Waals surface area contributed by atoms with E-state index in [1.54, 1.807) is 17.5 Å². The quantitative estimate of drug-likeness (QED) is 0.792. The summed E-state index contributed by atoms with van der Waals surface area (Å²) < 4.78 is 0. The minimum absolute atomic E-state index is 0.0725. The molecular weight excluding hydrogens is 222 g/mol. The highest BCUT2D eigenvalue weighted by Crippen LogP contribution is 2.11. The van der Waals surface area contributed by atoms with Gasteiger partial charge in [0.15, 0.2) is 0 Å². The number of hydrogen-bond donors (Lipinski definition) is 2. The fourth-order valence-electron chi connectivity index (χ4n) is 1.40. The molecule has 1 aromatic rings. The summed E-state index contributed by atoms with van der Waals surface area (Å²) in [4.78, 5) is 16.8. The average Bonchev–Trinajstić information content (AvgIpc) is 2.69. The van der Waals surface area contributed by atoms with Crippen LogP contribution in [-0.4, -0.2) is 17.4 Å². The van der Waals surface area contributed by atoms with E-state index in [1.807, 2.05) is 6.92 Å². The van der Waals surface area contributed by atoms with Crippen molar-refractivity contribution in [2.24, 2.45) is 11.7 Å². The number of carbonyl (C=O) groups excluding carboxylic acids is 1. The highest BCUT2D eigenvalue weighted by molar-refractivity contribution is 7.11. The minimum Gasteiger partial charge on any atom is -0.351 e. The highest BCUT2D eigenvalue weighted by Gasteiger charge is 2.10. The van der Waals surface area contributed by atoms with Gasteiger partial charge in [0.2, 0.25) is 5.91 Å². The number of amides is 1. The van der Waals surface area contributed by atoms with Crippen LogP contribution in [0.15, 0.2) is 6.20 Å². The van der Waals surface area contributed by atoms with E-state index in [0.29, 0.717) is 25.4 Å². The van der Waals surface area contributed by atoms with E-state index < -0.39 is 0 Å². The monoisotopic (exact) mass is 241 g/mol. The lowest BCUT2D eigenvalue weighted by molar-refractivity contribution is -0.122. The Morgan fingerprint density at radius 3 is 2.94 bits per heavy atom. The number of rotatable bonds is 6. The van der Waals surface area contributed by atoms with Crippen LogP contribution in [-0.2, 0) is 11.3 Å². The number of nitrogens with zero attached hydrogens (tertiary/aromatic N) is 1. The number of carbonyl (C=O) groups is 1. The molecule has 0 aromatic carbocycles. The van der Waals surface area contributed by atoms with Gasteiger partial charge in [-0.25, -0.2) is 4.98 Å². The Hall–Kier alpha value is -0.940. The number of nitrogens with two attached hydrogens (primary N) is 1. The normalized spacial score (nSPS) is 12.4. The van der Waals surface area contributed by atoms with Gasteiger partial charge in [-0.3, -0.25) is 4.79 Å². The van der Waals surface area contributed by atoms with Crippen molar-refractivity contribution >= 4 is 17.2 Å². The van der Waals surface area contributed by atoms with Crippen LogP contribution < -0.4 is 11.1 Å². The smallest absolute Gasteiger partial charge is 0.220 e. The van der Waals surface area contributed by atoms with Crippen LogP contribution in [0.25, 0.3) is 0 Å². The third-order valence-corrected chi connectivity index (χ3v) is 3.43. The molecule has 0 bridgehead atoms. The summed E-state index contributed by atoms with van der Waals surface area (Å²) in [6.45, 7) is 5.16. The summed E-state index contributed by atoms with van der Waals surface area (Å²) in [5.74, 6) is 0.367. The lowest BCUT2D eigenvalue weighted by atomic mass is 10.0. The van der Waals surface area contributed by atoms with Crippen LogP contribution in [0.4, 0.5) is 0 Å². The fourth-order valence-corrected chi connectivity index (χ4v) is 2.14. The Morgan fingerprint density at radius 1 is 1.69 bits per heavy atom. The van der Waals surface area contributed by atoms with E-state index in [-0.39, 0.29) is 5.91 Å². The van der Waals surface area contributed by atoms with E-state index >= 15 is 0 Å². The van der Waals surface area contributed by atoms with Gasteiger partial charge in [0.25, 0.3) is 0 Å². The zero-order chi connectivity index (χ0) is 12.0. The summed E-state index contributed by atoms with van der Waals surface area (Å²) in [5.41, 5.74) is 5.55. The third-order valence-electron chi connectivity index (χ3n) is 2.51. The standard InChI is InChI=1S/C11H19N3OS/c1-3-9(5-12)4-11(15)14-7-10-6-13-8(2)16-10/h6,9H,3-5,7,12H2,1-2H3,(H,14,15). The summed E-state index contributed by atoms with van der Waals surface area (Å²) >= 11 is 1.61. The zero-order valence-electron chi connectivity index (χ0n) is 9.82. The summed E-state index contributed by atoms with van der Waals surface area (Å²) in [7, 11) is 0. The lowest BCUT2D eigenvalue weighted by Gasteiger charge is -2.11. The predicted octanol–water partition coefficient (Wildman–Crippen LogP) is 1.44. The van der Waals surface area contributed by atoms with Gasteiger partial charge in [-0.1, -0.05) is 13.3 Å². The van der Waals surface area contributed by atoms with Crippen LogP contribution in [0.1, 0.15) is 29.7 Å². The summed E-state index contributed by atoms with van der Waals surface area (Å²) in [6, 6.07) is 0. The molecule has 0 aliphatic heterocycles. The second kappa shape index (κ2) is 6.60. The molecule has 0 fully saturated rings. The van der Waals surface area contributed by atoms with E-state index in [0.717, 1.165) is 16.3 Å². The summed E-state index contributed by atoms with van der Waals surface area (Å²) in [5, 5.41) is 3.91. The molecule has 90 valence electrons. The van der Waals surface area contributed by atoms with Gasteiger partial charge in [0, 0.05) is 17.5 Å². The summed E-state index contributed by atoms with van der Waals surface area (Å²) in [6.07, 6.45) is 3.27. The molecule has 1 aromatic heterocycles. The van der Waals surface area contributed by atoms with Crippen LogP contribution in [0.3, 0.4) is 0 Å². The Bertz CT molecular complexity index is 334. The maximum Gasteiger partial charge on any atom is 0.220 e. The molecule has 1 atom stereocenters. The van der Waals surface area contributed by atoms with Gasteiger partial charge >= 0.3 is 0 Å². The van der Waals surface area contributed by atoms with Gasteiger partial charge < -0.3 is 11.1 Å². The zero-order valence-corrected chi connectivity index (χ0v) is 10.6. The molecule has 4 nitrogen and oxygen atoms in total. The highest BCUT2D eigenvalue weighted by atomic mass is 32.1. The van der Waals surface area contributed by atoms with Crippen LogP contribution >= 0.6 is 11.3 Å². The van der Waals surface area contributed by atoms with Gasteiger partial charge in [-0.15, -0.1) is 11.3 Å². The molecule has 0 saturated carbocycles. The van der Waals surface area contributed by atoms with Crippen molar-refractivity contribution in [1.29, 1.82) is 0 Å². The van der Waals surface area contributed by atoms with Gasteiger partial charge in [-0.05, 0) is 19.4 Å². The van der Waals surface area contributed by atoms with Gasteiger partial charge in [0.1, 0.15) is 0 Å². The third kappa shape index (κ3) is 4.28. The van der Waals surface area contributed by atoms with Crippen molar-refractivity contribution in [2.45, 2.75) is 33.2 Å². The van der Waals surface area contributed by atoms with Crippen molar-refractivity contribution in [2.75, 3.05) is 6.54 Å². The molecule has 3 N–H and O–H groups in total. The van der Waals surface area contributed by atoms with Crippen molar-refractivity contribution < 1.29 is 4.79 Å². The number of nitrogens with one attached hydrogen (secondary N) is 1. The SMILES string of the molecule is CCC(CN)CC(=O)NCc1cnc(C)s1. The Labute approximate surface area is 100 Å². The van der Waals surface area contributed by atoms with Gasteiger partial charge in [-0.2, -0.15) is 0 Å². The molecular formula is C11H19N3OS.